The second-order valence-electron chi connectivity index (χ2n) is 4.25. The number of imidazole rings is 1. The second kappa shape index (κ2) is 6.67. The molecule has 21 heavy (non-hydrogen) atoms. The number of nitrogens with zero attached hydrogens (tertiary/aromatic N) is 2. The molecule has 0 aliphatic carbocycles. The monoisotopic (exact) mass is 312 g/mol. The summed E-state index contributed by atoms with van der Waals surface area (Å²) in [5.74, 6) is 1.59. The zero-order chi connectivity index (χ0) is 15.4. The summed E-state index contributed by atoms with van der Waals surface area (Å²) in [7, 11) is 3.11. The van der Waals surface area contributed by atoms with Gasteiger partial charge in [0.05, 0.1) is 37.7 Å². The Balaban J connectivity index is 2.53. The van der Waals surface area contributed by atoms with Gasteiger partial charge in [-0.3, -0.25) is 4.79 Å². The van der Waals surface area contributed by atoms with Crippen LogP contribution in [0.15, 0.2) is 12.1 Å². The molecule has 6 nitrogen and oxygen atoms in total. The number of halogens is 1. The van der Waals surface area contributed by atoms with Crippen LogP contribution in [0.1, 0.15) is 12.7 Å². The maximum Gasteiger partial charge on any atom is 0.326 e. The predicted molar refractivity (Wildman–Crippen MR) is 79.0 cm³/mol. The summed E-state index contributed by atoms with van der Waals surface area (Å²) < 4.78 is 17.2. The van der Waals surface area contributed by atoms with Crippen LogP contribution in [-0.4, -0.2) is 36.3 Å². The lowest BCUT2D eigenvalue weighted by Crippen LogP contribution is -2.15. The number of ether oxygens (including phenoxy) is 3. The van der Waals surface area contributed by atoms with Gasteiger partial charge < -0.3 is 18.8 Å². The molecule has 0 fully saturated rings. The first-order chi connectivity index (χ1) is 10.1. The van der Waals surface area contributed by atoms with Crippen LogP contribution in [0.5, 0.6) is 11.5 Å². The Morgan fingerprint density at radius 1 is 1.29 bits per heavy atom. The molecule has 0 saturated carbocycles. The standard InChI is InChI=1S/C14H17ClN2O4/c1-4-21-14(18)8-17-10-6-12(20-3)11(19-2)5-9(10)16-13(17)7-15/h5-6H,4,7-8H2,1-3H3. The third-order valence-corrected chi connectivity index (χ3v) is 3.28. The van der Waals surface area contributed by atoms with Gasteiger partial charge in [-0.1, -0.05) is 0 Å². The van der Waals surface area contributed by atoms with Gasteiger partial charge in [-0.25, -0.2) is 4.98 Å². The topological polar surface area (TPSA) is 62.6 Å². The zero-order valence-corrected chi connectivity index (χ0v) is 12.9. The van der Waals surface area contributed by atoms with Crippen molar-refractivity contribution in [1.82, 2.24) is 9.55 Å². The van der Waals surface area contributed by atoms with Crippen molar-refractivity contribution >= 4 is 28.6 Å². The van der Waals surface area contributed by atoms with E-state index in [1.54, 1.807) is 37.8 Å². The molecule has 0 atom stereocenters. The van der Waals surface area contributed by atoms with Crippen molar-refractivity contribution in [2.75, 3.05) is 20.8 Å². The van der Waals surface area contributed by atoms with Crippen molar-refractivity contribution < 1.29 is 19.0 Å². The Labute approximate surface area is 127 Å². The minimum absolute atomic E-state index is 0.0574. The van der Waals surface area contributed by atoms with Crippen LogP contribution < -0.4 is 9.47 Å². The summed E-state index contributed by atoms with van der Waals surface area (Å²) in [6.07, 6.45) is 0. The minimum Gasteiger partial charge on any atom is -0.493 e. The number of hydrogen-bond acceptors (Lipinski definition) is 5. The van der Waals surface area contributed by atoms with Gasteiger partial charge in [0.2, 0.25) is 0 Å². The van der Waals surface area contributed by atoms with Gasteiger partial charge in [-0.15, -0.1) is 11.6 Å². The lowest BCUT2D eigenvalue weighted by atomic mass is 10.2. The lowest BCUT2D eigenvalue weighted by molar-refractivity contribution is -0.143. The van der Waals surface area contributed by atoms with E-state index in [1.807, 2.05) is 0 Å². The number of hydrogen-bond donors (Lipinski definition) is 0. The van der Waals surface area contributed by atoms with E-state index in [1.165, 1.54) is 0 Å². The highest BCUT2D eigenvalue weighted by Gasteiger charge is 2.17. The molecule has 2 rings (SSSR count). The fourth-order valence-corrected chi connectivity index (χ4v) is 2.32. The average molecular weight is 313 g/mol. The Kier molecular flexibility index (Phi) is 4.90. The van der Waals surface area contributed by atoms with Crippen LogP contribution in [0.2, 0.25) is 0 Å². The fourth-order valence-electron chi connectivity index (χ4n) is 2.12. The van der Waals surface area contributed by atoms with Crippen molar-refractivity contribution in [2.45, 2.75) is 19.3 Å². The van der Waals surface area contributed by atoms with Crippen LogP contribution in [0.3, 0.4) is 0 Å². The summed E-state index contributed by atoms with van der Waals surface area (Å²) in [6.45, 7) is 2.15. The van der Waals surface area contributed by atoms with E-state index in [9.17, 15) is 4.79 Å². The van der Waals surface area contributed by atoms with Crippen molar-refractivity contribution in [3.8, 4) is 11.5 Å². The lowest BCUT2D eigenvalue weighted by Gasteiger charge is -2.10. The average Bonchev–Trinajstić information content (AvgIpc) is 2.82. The first-order valence-corrected chi connectivity index (χ1v) is 7.00. The normalized spacial score (nSPS) is 10.7. The van der Waals surface area contributed by atoms with Gasteiger partial charge in [0.1, 0.15) is 12.4 Å². The molecule has 0 aliphatic heterocycles. The van der Waals surface area contributed by atoms with Crippen molar-refractivity contribution in [3.05, 3.63) is 18.0 Å². The molecule has 0 unspecified atom stereocenters. The van der Waals surface area contributed by atoms with Gasteiger partial charge in [-0.05, 0) is 6.92 Å². The van der Waals surface area contributed by atoms with Crippen molar-refractivity contribution in [1.29, 1.82) is 0 Å². The van der Waals surface area contributed by atoms with E-state index in [-0.39, 0.29) is 18.4 Å². The Morgan fingerprint density at radius 2 is 1.95 bits per heavy atom. The molecule has 0 bridgehead atoms. The molecule has 114 valence electrons. The third-order valence-electron chi connectivity index (χ3n) is 3.04. The highest BCUT2D eigenvalue weighted by atomic mass is 35.5. The number of carbonyl (C=O) groups excluding carboxylic acids is 1. The summed E-state index contributed by atoms with van der Waals surface area (Å²) in [5.41, 5.74) is 1.43. The first kappa shape index (κ1) is 15.4. The van der Waals surface area contributed by atoms with Crippen LogP contribution in [-0.2, 0) is 22.0 Å². The highest BCUT2D eigenvalue weighted by molar-refractivity contribution is 6.16. The number of esters is 1. The molecule has 1 aromatic heterocycles. The molecule has 1 heterocycles. The molecule has 0 radical (unpaired) electrons. The Hall–Kier alpha value is -1.95. The number of benzene rings is 1. The second-order valence-corrected chi connectivity index (χ2v) is 4.52. The van der Waals surface area contributed by atoms with E-state index in [0.717, 1.165) is 5.52 Å². The van der Waals surface area contributed by atoms with E-state index in [2.05, 4.69) is 4.98 Å². The molecule has 0 aliphatic rings. The highest BCUT2D eigenvalue weighted by Crippen LogP contribution is 2.32. The van der Waals surface area contributed by atoms with E-state index < -0.39 is 0 Å². The Bertz CT molecular complexity index is 654. The number of aromatic nitrogens is 2. The van der Waals surface area contributed by atoms with E-state index >= 15 is 0 Å². The molecule has 0 saturated heterocycles. The van der Waals surface area contributed by atoms with Gasteiger partial charge in [0, 0.05) is 12.1 Å². The maximum atomic E-state index is 11.7. The number of methoxy groups -OCH3 is 2. The molecule has 7 heteroatoms. The largest absolute Gasteiger partial charge is 0.493 e. The van der Waals surface area contributed by atoms with Crippen molar-refractivity contribution in [2.24, 2.45) is 0 Å². The van der Waals surface area contributed by atoms with Crippen LogP contribution in [0.4, 0.5) is 0 Å². The van der Waals surface area contributed by atoms with Gasteiger partial charge in [0.15, 0.2) is 11.5 Å². The smallest absolute Gasteiger partial charge is 0.326 e. The summed E-state index contributed by atoms with van der Waals surface area (Å²) in [4.78, 5) is 16.1. The van der Waals surface area contributed by atoms with Gasteiger partial charge in [-0.2, -0.15) is 0 Å². The summed E-state index contributed by atoms with van der Waals surface area (Å²) >= 11 is 5.91. The summed E-state index contributed by atoms with van der Waals surface area (Å²) in [6, 6.07) is 3.53. The zero-order valence-electron chi connectivity index (χ0n) is 12.2. The maximum absolute atomic E-state index is 11.7. The summed E-state index contributed by atoms with van der Waals surface area (Å²) in [5, 5.41) is 0. The number of carbonyl (C=O) groups is 1. The molecular weight excluding hydrogens is 296 g/mol. The van der Waals surface area contributed by atoms with E-state index in [0.29, 0.717) is 29.4 Å². The number of rotatable bonds is 6. The molecule has 0 N–H and O–H groups in total. The predicted octanol–water partition coefficient (Wildman–Crippen LogP) is 2.36. The Morgan fingerprint density at radius 3 is 2.52 bits per heavy atom. The molecule has 1 aromatic carbocycles. The minimum atomic E-state index is -0.335. The van der Waals surface area contributed by atoms with Crippen molar-refractivity contribution in [3.63, 3.8) is 0 Å². The SMILES string of the molecule is CCOC(=O)Cn1c(CCl)nc2cc(OC)c(OC)cc21. The van der Waals surface area contributed by atoms with Crippen LogP contribution >= 0.6 is 11.6 Å². The fraction of sp³-hybridized carbons (Fsp3) is 0.429. The first-order valence-electron chi connectivity index (χ1n) is 6.47. The molecular formula is C14H17ClN2O4. The van der Waals surface area contributed by atoms with E-state index in [4.69, 9.17) is 25.8 Å². The van der Waals surface area contributed by atoms with Gasteiger partial charge >= 0.3 is 5.97 Å². The molecule has 2 aromatic rings. The molecule has 0 spiro atoms. The third kappa shape index (κ3) is 3.05. The van der Waals surface area contributed by atoms with Crippen LogP contribution in [0.25, 0.3) is 11.0 Å². The van der Waals surface area contributed by atoms with Gasteiger partial charge in [0.25, 0.3) is 0 Å². The molecule has 0 amide bonds. The number of alkyl halides is 1. The van der Waals surface area contributed by atoms with Crippen LogP contribution in [0, 0.1) is 0 Å². The quantitative estimate of drug-likeness (QED) is 0.605. The number of fused-ring (bicyclic) bond motifs is 1.